The lowest BCUT2D eigenvalue weighted by Crippen LogP contribution is -2.35. The molecule has 0 saturated heterocycles. The molecule has 34 heavy (non-hydrogen) atoms. The predicted octanol–water partition coefficient (Wildman–Crippen LogP) is 4.82. The van der Waals surface area contributed by atoms with E-state index in [-0.39, 0.29) is 11.4 Å². The fourth-order valence-corrected chi connectivity index (χ4v) is 4.38. The summed E-state index contributed by atoms with van der Waals surface area (Å²) in [6.45, 7) is 4.99. The van der Waals surface area contributed by atoms with Crippen LogP contribution in [0.3, 0.4) is 0 Å². The molecule has 0 atom stereocenters. The van der Waals surface area contributed by atoms with Gasteiger partial charge >= 0.3 is 0 Å². The number of hydrogen-bond acceptors (Lipinski definition) is 7. The number of thioether (sulfide) groups is 1. The molecular formula is C25H26N4O4S. The summed E-state index contributed by atoms with van der Waals surface area (Å²) in [4.78, 5) is 16.7. The molecule has 0 spiro atoms. The fraction of sp³-hybridized carbons (Fsp3) is 0.280. The first-order valence-corrected chi connectivity index (χ1v) is 11.7. The molecule has 1 N–H and O–H groups in total. The zero-order chi connectivity index (χ0) is 24.1. The molecule has 0 fully saturated rings. The molecular weight excluding hydrogens is 452 g/mol. The summed E-state index contributed by atoms with van der Waals surface area (Å²) in [6.07, 6.45) is 2.44. The highest BCUT2D eigenvalue weighted by atomic mass is 32.2. The fourth-order valence-electron chi connectivity index (χ4n) is 3.28. The SMILES string of the molecule is COc1ccc(OCCOc2ccc(C=C3C(=N)N4N=C(CC(C)C)SC4=NC3=O)cc2)cc1. The van der Waals surface area contributed by atoms with Gasteiger partial charge in [-0.25, -0.2) is 0 Å². The van der Waals surface area contributed by atoms with E-state index in [4.69, 9.17) is 19.6 Å². The van der Waals surface area contributed by atoms with Gasteiger partial charge in [0, 0.05) is 6.42 Å². The van der Waals surface area contributed by atoms with Crippen molar-refractivity contribution in [3.63, 3.8) is 0 Å². The Hall–Kier alpha value is -3.59. The molecule has 2 aromatic carbocycles. The molecule has 2 aromatic rings. The number of ether oxygens (including phenoxy) is 3. The molecule has 4 rings (SSSR count). The van der Waals surface area contributed by atoms with Crippen molar-refractivity contribution in [3.05, 3.63) is 59.7 Å². The van der Waals surface area contributed by atoms with Gasteiger partial charge in [0.15, 0.2) is 5.84 Å². The lowest BCUT2D eigenvalue weighted by atomic mass is 10.1. The third-order valence-corrected chi connectivity index (χ3v) is 5.88. The molecule has 2 aliphatic heterocycles. The average Bonchev–Trinajstić information content (AvgIpc) is 3.22. The molecule has 0 aromatic heterocycles. The van der Waals surface area contributed by atoms with E-state index in [9.17, 15) is 4.79 Å². The monoisotopic (exact) mass is 478 g/mol. The minimum atomic E-state index is -0.430. The molecule has 0 saturated carbocycles. The summed E-state index contributed by atoms with van der Waals surface area (Å²) in [5, 5.41) is 15.7. The second kappa shape index (κ2) is 10.6. The van der Waals surface area contributed by atoms with Crippen molar-refractivity contribution in [1.82, 2.24) is 5.01 Å². The molecule has 0 bridgehead atoms. The van der Waals surface area contributed by atoms with Crippen LogP contribution in [-0.2, 0) is 4.79 Å². The second-order valence-electron chi connectivity index (χ2n) is 8.05. The number of carbonyl (C=O) groups is 1. The Labute approximate surface area is 202 Å². The summed E-state index contributed by atoms with van der Waals surface area (Å²) in [5.41, 5.74) is 0.979. The number of amidine groups is 2. The highest BCUT2D eigenvalue weighted by Crippen LogP contribution is 2.30. The number of methoxy groups -OCH3 is 1. The first-order chi connectivity index (χ1) is 16.4. The summed E-state index contributed by atoms with van der Waals surface area (Å²) in [5.74, 6) is 2.25. The minimum Gasteiger partial charge on any atom is -0.497 e. The number of benzene rings is 2. The Balaban J connectivity index is 1.33. The Morgan fingerprint density at radius 2 is 1.59 bits per heavy atom. The van der Waals surface area contributed by atoms with Crippen LogP contribution in [-0.4, -0.2) is 47.3 Å². The van der Waals surface area contributed by atoms with Gasteiger partial charge in [0.2, 0.25) is 5.17 Å². The Kier molecular flexibility index (Phi) is 7.32. The third kappa shape index (κ3) is 5.66. The van der Waals surface area contributed by atoms with Crippen molar-refractivity contribution in [2.75, 3.05) is 20.3 Å². The molecule has 0 aliphatic carbocycles. The Bertz CT molecular complexity index is 1150. The molecule has 176 valence electrons. The smallest absolute Gasteiger partial charge is 0.283 e. The third-order valence-electron chi connectivity index (χ3n) is 4.95. The molecule has 8 nitrogen and oxygen atoms in total. The van der Waals surface area contributed by atoms with Crippen LogP contribution in [0.15, 0.2) is 64.2 Å². The minimum absolute atomic E-state index is 0.0391. The average molecular weight is 479 g/mol. The lowest BCUT2D eigenvalue weighted by Gasteiger charge is -2.20. The van der Waals surface area contributed by atoms with Gasteiger partial charge in [0.05, 0.1) is 12.7 Å². The highest BCUT2D eigenvalue weighted by molar-refractivity contribution is 8.26. The number of amides is 1. The maximum Gasteiger partial charge on any atom is 0.283 e. The lowest BCUT2D eigenvalue weighted by molar-refractivity contribution is -0.114. The van der Waals surface area contributed by atoms with Gasteiger partial charge in [-0.15, -0.1) is 0 Å². The standard InChI is InChI=1S/C25H26N4O4S/c1-16(2)14-22-28-29-23(26)21(24(30)27-25(29)34-22)15-17-4-6-19(7-5-17)32-12-13-33-20-10-8-18(31-3)9-11-20/h4-11,15-16,26H,12-14H2,1-3H3. The maximum absolute atomic E-state index is 12.5. The van der Waals surface area contributed by atoms with E-state index in [1.54, 1.807) is 13.2 Å². The van der Waals surface area contributed by atoms with Crippen LogP contribution in [0.5, 0.6) is 17.2 Å². The summed E-state index contributed by atoms with van der Waals surface area (Å²) in [6, 6.07) is 14.7. The van der Waals surface area contributed by atoms with Crippen molar-refractivity contribution in [3.8, 4) is 17.2 Å². The molecule has 0 radical (unpaired) electrons. The Morgan fingerprint density at radius 3 is 2.18 bits per heavy atom. The van der Waals surface area contributed by atoms with E-state index in [0.717, 1.165) is 28.5 Å². The largest absolute Gasteiger partial charge is 0.497 e. The maximum atomic E-state index is 12.5. The number of nitrogens with zero attached hydrogens (tertiary/aromatic N) is 3. The number of fused-ring (bicyclic) bond motifs is 1. The molecule has 0 unspecified atom stereocenters. The highest BCUT2D eigenvalue weighted by Gasteiger charge is 2.35. The van der Waals surface area contributed by atoms with E-state index in [1.807, 2.05) is 48.5 Å². The van der Waals surface area contributed by atoms with Gasteiger partial charge < -0.3 is 14.2 Å². The number of nitrogens with one attached hydrogen (secondary N) is 1. The van der Waals surface area contributed by atoms with Gasteiger partial charge in [-0.1, -0.05) is 26.0 Å². The number of hydrazone groups is 1. The van der Waals surface area contributed by atoms with E-state index >= 15 is 0 Å². The zero-order valence-electron chi connectivity index (χ0n) is 19.3. The normalized spacial score (nSPS) is 16.5. The summed E-state index contributed by atoms with van der Waals surface area (Å²) < 4.78 is 16.5. The van der Waals surface area contributed by atoms with Crippen molar-refractivity contribution < 1.29 is 19.0 Å². The summed E-state index contributed by atoms with van der Waals surface area (Å²) in [7, 11) is 1.62. The van der Waals surface area contributed by atoms with E-state index < -0.39 is 5.91 Å². The van der Waals surface area contributed by atoms with Crippen LogP contribution in [0.1, 0.15) is 25.8 Å². The van der Waals surface area contributed by atoms with Crippen molar-refractivity contribution in [2.45, 2.75) is 20.3 Å². The first kappa shape index (κ1) is 23.6. The van der Waals surface area contributed by atoms with Crippen molar-refractivity contribution in [2.24, 2.45) is 16.0 Å². The van der Waals surface area contributed by atoms with Gasteiger partial charge in [-0.3, -0.25) is 10.2 Å². The number of hydrogen-bond donors (Lipinski definition) is 1. The molecule has 2 aliphatic rings. The van der Waals surface area contributed by atoms with Gasteiger partial charge in [0.25, 0.3) is 5.91 Å². The topological polar surface area (TPSA) is 96.6 Å². The van der Waals surface area contributed by atoms with E-state index in [0.29, 0.717) is 30.0 Å². The van der Waals surface area contributed by atoms with Crippen LogP contribution >= 0.6 is 11.8 Å². The quantitative estimate of drug-likeness (QED) is 0.410. The Morgan fingerprint density at radius 1 is 1.00 bits per heavy atom. The van der Waals surface area contributed by atoms with Gasteiger partial charge in [0.1, 0.15) is 35.5 Å². The number of carbonyl (C=O) groups excluding carboxylic acids is 1. The number of aliphatic imine (C=N–C) groups is 1. The zero-order valence-corrected chi connectivity index (χ0v) is 20.1. The van der Waals surface area contributed by atoms with Crippen LogP contribution in [0.25, 0.3) is 6.08 Å². The van der Waals surface area contributed by atoms with Crippen LogP contribution < -0.4 is 14.2 Å². The van der Waals surface area contributed by atoms with E-state index in [2.05, 4.69) is 23.9 Å². The molecule has 2 heterocycles. The van der Waals surface area contributed by atoms with Crippen LogP contribution in [0, 0.1) is 11.3 Å². The van der Waals surface area contributed by atoms with E-state index in [1.165, 1.54) is 16.8 Å². The van der Waals surface area contributed by atoms with Crippen LogP contribution in [0.4, 0.5) is 0 Å². The predicted molar refractivity (Wildman–Crippen MR) is 135 cm³/mol. The molecule has 1 amide bonds. The van der Waals surface area contributed by atoms with Crippen molar-refractivity contribution in [1.29, 1.82) is 5.41 Å². The van der Waals surface area contributed by atoms with Crippen molar-refractivity contribution >= 4 is 39.8 Å². The molecule has 9 heteroatoms. The van der Waals surface area contributed by atoms with Gasteiger partial charge in [-0.05, 0) is 65.7 Å². The first-order valence-electron chi connectivity index (χ1n) is 10.9. The van der Waals surface area contributed by atoms with Gasteiger partial charge in [-0.2, -0.15) is 15.1 Å². The number of rotatable bonds is 9. The summed E-state index contributed by atoms with van der Waals surface area (Å²) >= 11 is 1.35. The van der Waals surface area contributed by atoms with Crippen LogP contribution in [0.2, 0.25) is 0 Å². The second-order valence-corrected chi connectivity index (χ2v) is 9.09.